The molecule has 0 spiro atoms. The van der Waals surface area contributed by atoms with Gasteiger partial charge in [-0.3, -0.25) is 0 Å². The number of thiophene rings is 1. The molecular weight excluding hydrogens is 273 g/mol. The Bertz CT molecular complexity index is 356. The quantitative estimate of drug-likeness (QED) is 0.774. The molecule has 96 valence electrons. The molecule has 17 heavy (non-hydrogen) atoms. The highest BCUT2D eigenvalue weighted by molar-refractivity contribution is 7.20. The molecule has 1 aliphatic carbocycles. The van der Waals surface area contributed by atoms with Crippen molar-refractivity contribution < 1.29 is 0 Å². The van der Waals surface area contributed by atoms with Gasteiger partial charge in [0.05, 0.1) is 8.67 Å². The summed E-state index contributed by atoms with van der Waals surface area (Å²) in [5, 5.41) is 0. The number of rotatable bonds is 2. The van der Waals surface area contributed by atoms with E-state index in [0.717, 1.165) is 14.2 Å². The van der Waals surface area contributed by atoms with Gasteiger partial charge in [0, 0.05) is 11.6 Å². The summed E-state index contributed by atoms with van der Waals surface area (Å²) in [6, 6.07) is 2.00. The molecule has 0 saturated heterocycles. The molecule has 1 aliphatic rings. The summed E-state index contributed by atoms with van der Waals surface area (Å²) in [4.78, 5) is 0. The van der Waals surface area contributed by atoms with Crippen LogP contribution in [-0.2, 0) is 0 Å². The maximum atomic E-state index is 6.37. The number of hydrogen-bond acceptors (Lipinski definition) is 2. The van der Waals surface area contributed by atoms with E-state index in [1.165, 1.54) is 56.3 Å². The van der Waals surface area contributed by atoms with E-state index in [0.29, 0.717) is 5.92 Å². The molecule has 0 amide bonds. The van der Waals surface area contributed by atoms with Gasteiger partial charge in [0.15, 0.2) is 0 Å². The normalized spacial score (nSPS) is 20.9. The predicted octanol–water partition coefficient (Wildman–Crippen LogP) is 5.42. The molecule has 0 radical (unpaired) electrons. The maximum Gasteiger partial charge on any atom is 0.0991 e. The van der Waals surface area contributed by atoms with Gasteiger partial charge in [0.2, 0.25) is 0 Å². The molecule has 1 nitrogen and oxygen atoms in total. The van der Waals surface area contributed by atoms with Gasteiger partial charge in [-0.15, -0.1) is 11.3 Å². The fourth-order valence-corrected chi connectivity index (χ4v) is 4.25. The Morgan fingerprint density at radius 2 is 1.71 bits per heavy atom. The fraction of sp³-hybridized carbons (Fsp3) is 0.692. The first-order chi connectivity index (χ1) is 8.18. The zero-order valence-electron chi connectivity index (χ0n) is 9.92. The van der Waals surface area contributed by atoms with E-state index in [-0.39, 0.29) is 6.04 Å². The zero-order valence-corrected chi connectivity index (χ0v) is 12.3. The third-order valence-electron chi connectivity index (χ3n) is 3.70. The summed E-state index contributed by atoms with van der Waals surface area (Å²) >= 11 is 13.6. The van der Waals surface area contributed by atoms with Crippen LogP contribution in [0.1, 0.15) is 56.6 Å². The Hall–Kier alpha value is 0.240. The van der Waals surface area contributed by atoms with Gasteiger partial charge in [-0.25, -0.2) is 0 Å². The summed E-state index contributed by atoms with van der Waals surface area (Å²) < 4.78 is 1.51. The van der Waals surface area contributed by atoms with Crippen molar-refractivity contribution in [2.24, 2.45) is 11.7 Å². The molecule has 0 bridgehead atoms. The van der Waals surface area contributed by atoms with Crippen LogP contribution in [0.2, 0.25) is 8.67 Å². The molecule has 1 saturated carbocycles. The SMILES string of the molecule is NC(c1cc(Cl)sc1Cl)C1CCCCCCC1. The molecule has 1 aromatic heterocycles. The van der Waals surface area contributed by atoms with Crippen LogP contribution in [0.4, 0.5) is 0 Å². The Balaban J connectivity index is 2.06. The van der Waals surface area contributed by atoms with Crippen LogP contribution >= 0.6 is 34.5 Å². The van der Waals surface area contributed by atoms with Gasteiger partial charge in [-0.05, 0) is 24.8 Å². The summed E-state index contributed by atoms with van der Waals surface area (Å²) in [7, 11) is 0. The van der Waals surface area contributed by atoms with E-state index in [1.807, 2.05) is 6.07 Å². The maximum absolute atomic E-state index is 6.37. The lowest BCUT2D eigenvalue weighted by Crippen LogP contribution is -2.22. The Morgan fingerprint density at radius 1 is 1.12 bits per heavy atom. The Kier molecular flexibility index (Phi) is 5.16. The highest BCUT2D eigenvalue weighted by atomic mass is 35.5. The van der Waals surface area contributed by atoms with Crippen molar-refractivity contribution in [3.8, 4) is 0 Å². The van der Waals surface area contributed by atoms with Crippen molar-refractivity contribution in [3.05, 3.63) is 20.3 Å². The van der Waals surface area contributed by atoms with Gasteiger partial charge >= 0.3 is 0 Å². The minimum Gasteiger partial charge on any atom is -0.324 e. The van der Waals surface area contributed by atoms with Crippen molar-refractivity contribution >= 4 is 34.5 Å². The molecule has 1 fully saturated rings. The molecule has 1 heterocycles. The lowest BCUT2D eigenvalue weighted by molar-refractivity contribution is 0.328. The number of nitrogens with two attached hydrogens (primary N) is 1. The number of halogens is 2. The second kappa shape index (κ2) is 6.42. The lowest BCUT2D eigenvalue weighted by atomic mass is 9.84. The molecule has 1 atom stereocenters. The van der Waals surface area contributed by atoms with Crippen molar-refractivity contribution in [1.29, 1.82) is 0 Å². The van der Waals surface area contributed by atoms with E-state index < -0.39 is 0 Å². The number of hydrogen-bond donors (Lipinski definition) is 1. The average molecular weight is 292 g/mol. The highest BCUT2D eigenvalue weighted by Crippen LogP contribution is 2.39. The van der Waals surface area contributed by atoms with Crippen LogP contribution < -0.4 is 5.73 Å². The second-order valence-corrected chi connectivity index (χ2v) is 7.20. The molecule has 1 aromatic rings. The Labute approximate surface area is 117 Å². The van der Waals surface area contributed by atoms with Crippen molar-refractivity contribution in [2.75, 3.05) is 0 Å². The predicted molar refractivity (Wildman–Crippen MR) is 77.1 cm³/mol. The van der Waals surface area contributed by atoms with E-state index in [4.69, 9.17) is 28.9 Å². The van der Waals surface area contributed by atoms with Gasteiger partial charge < -0.3 is 5.73 Å². The Morgan fingerprint density at radius 3 is 2.24 bits per heavy atom. The average Bonchev–Trinajstić information content (AvgIpc) is 2.56. The van der Waals surface area contributed by atoms with Gasteiger partial charge in [-0.1, -0.05) is 55.3 Å². The van der Waals surface area contributed by atoms with Crippen molar-refractivity contribution in [3.63, 3.8) is 0 Å². The largest absolute Gasteiger partial charge is 0.324 e. The van der Waals surface area contributed by atoms with Gasteiger partial charge in [-0.2, -0.15) is 0 Å². The van der Waals surface area contributed by atoms with E-state index in [9.17, 15) is 0 Å². The molecule has 2 rings (SSSR count). The standard InChI is InChI=1S/C13H19Cl2NS/c14-11-8-10(13(15)17-11)12(16)9-6-4-2-1-3-5-7-9/h8-9,12H,1-7,16H2. The van der Waals surface area contributed by atoms with Gasteiger partial charge in [0.25, 0.3) is 0 Å². The highest BCUT2D eigenvalue weighted by Gasteiger charge is 2.23. The van der Waals surface area contributed by atoms with Crippen LogP contribution in [0, 0.1) is 5.92 Å². The van der Waals surface area contributed by atoms with Crippen LogP contribution in [0.3, 0.4) is 0 Å². The third-order valence-corrected chi connectivity index (χ3v) is 5.22. The van der Waals surface area contributed by atoms with Crippen LogP contribution in [0.15, 0.2) is 6.07 Å². The summed E-state index contributed by atoms with van der Waals surface area (Å²) in [6.07, 6.45) is 9.13. The van der Waals surface area contributed by atoms with E-state index >= 15 is 0 Å². The van der Waals surface area contributed by atoms with Crippen molar-refractivity contribution in [2.45, 2.75) is 51.0 Å². The zero-order chi connectivity index (χ0) is 12.3. The fourth-order valence-electron chi connectivity index (χ4n) is 2.68. The first kappa shape index (κ1) is 13.7. The molecule has 0 aromatic carbocycles. The minimum atomic E-state index is 0.0596. The molecule has 2 N–H and O–H groups in total. The van der Waals surface area contributed by atoms with Crippen LogP contribution in [-0.4, -0.2) is 0 Å². The first-order valence-electron chi connectivity index (χ1n) is 6.39. The van der Waals surface area contributed by atoms with Crippen molar-refractivity contribution in [1.82, 2.24) is 0 Å². The lowest BCUT2D eigenvalue weighted by Gasteiger charge is -2.25. The molecule has 4 heteroatoms. The molecule has 1 unspecified atom stereocenters. The van der Waals surface area contributed by atoms with Crippen LogP contribution in [0.25, 0.3) is 0 Å². The van der Waals surface area contributed by atoms with E-state index in [2.05, 4.69) is 0 Å². The molecular formula is C13H19Cl2NS. The summed E-state index contributed by atoms with van der Waals surface area (Å²) in [5.41, 5.74) is 7.42. The summed E-state index contributed by atoms with van der Waals surface area (Å²) in [5.74, 6) is 0.568. The summed E-state index contributed by atoms with van der Waals surface area (Å²) in [6.45, 7) is 0. The first-order valence-corrected chi connectivity index (χ1v) is 7.96. The minimum absolute atomic E-state index is 0.0596. The smallest absolute Gasteiger partial charge is 0.0991 e. The second-order valence-electron chi connectivity index (χ2n) is 4.91. The van der Waals surface area contributed by atoms with E-state index in [1.54, 1.807) is 0 Å². The molecule has 0 aliphatic heterocycles. The van der Waals surface area contributed by atoms with Crippen LogP contribution in [0.5, 0.6) is 0 Å². The topological polar surface area (TPSA) is 26.0 Å². The third kappa shape index (κ3) is 3.60. The monoisotopic (exact) mass is 291 g/mol. The van der Waals surface area contributed by atoms with Gasteiger partial charge in [0.1, 0.15) is 0 Å².